The van der Waals surface area contributed by atoms with E-state index in [2.05, 4.69) is 36.9 Å². The highest BCUT2D eigenvalue weighted by atomic mass is 16.5. The van der Waals surface area contributed by atoms with E-state index in [0.717, 1.165) is 19.0 Å². The molecule has 2 heteroatoms. The maximum atomic E-state index is 5.90. The fourth-order valence-electron chi connectivity index (χ4n) is 4.45. The summed E-state index contributed by atoms with van der Waals surface area (Å²) in [5.74, 6) is 1.08. The third-order valence-electron chi connectivity index (χ3n) is 6.34. The van der Waals surface area contributed by atoms with E-state index >= 15 is 0 Å². The topological polar surface area (TPSA) is 12.5 Å². The van der Waals surface area contributed by atoms with Gasteiger partial charge in [-0.3, -0.25) is 4.90 Å². The number of unbranched alkanes of at least 4 members (excludes halogenated alkanes) is 15. The van der Waals surface area contributed by atoms with Gasteiger partial charge in [-0.1, -0.05) is 121 Å². The lowest BCUT2D eigenvalue weighted by Gasteiger charge is -2.29. The lowest BCUT2D eigenvalue weighted by atomic mass is 10.0. The number of ether oxygens (including phenoxy) is 1. The highest BCUT2D eigenvalue weighted by Crippen LogP contribution is 2.26. The molecule has 0 saturated carbocycles. The average Bonchev–Trinajstić information content (AvgIpc) is 2.73. The summed E-state index contributed by atoms with van der Waals surface area (Å²) >= 11 is 0. The van der Waals surface area contributed by atoms with Crippen molar-refractivity contribution in [3.8, 4) is 5.75 Å². The summed E-state index contributed by atoms with van der Waals surface area (Å²) in [6.07, 6.45) is 22.9. The number of nitrogens with zero attached hydrogens (tertiary/aromatic N) is 1. The standard InChI is InChI=1S/C27H47NO/c1-3-4-5-6-7-8-9-10-11-12-13-14-15-16-17-18-21-28-23-26-22-25(2)19-20-27(26)29-24-28/h19-20,22H,3-18,21,23-24H2,1-2H3. The Morgan fingerprint density at radius 3 is 1.79 bits per heavy atom. The fraction of sp³-hybridized carbons (Fsp3) is 0.778. The monoisotopic (exact) mass is 401 g/mol. The Kier molecular flexibility index (Phi) is 13.2. The summed E-state index contributed by atoms with van der Waals surface area (Å²) in [6.45, 7) is 7.44. The molecule has 1 aromatic rings. The summed E-state index contributed by atoms with van der Waals surface area (Å²) < 4.78 is 5.90. The predicted octanol–water partition coefficient (Wildman–Crippen LogP) is 8.41. The van der Waals surface area contributed by atoms with Crippen molar-refractivity contribution in [3.05, 3.63) is 29.3 Å². The number of hydrogen-bond donors (Lipinski definition) is 0. The molecule has 29 heavy (non-hydrogen) atoms. The first kappa shape index (κ1) is 24.3. The van der Waals surface area contributed by atoms with Crippen LogP contribution >= 0.6 is 0 Å². The van der Waals surface area contributed by atoms with E-state index in [4.69, 9.17) is 4.74 Å². The summed E-state index contributed by atoms with van der Waals surface area (Å²) in [5.41, 5.74) is 2.68. The van der Waals surface area contributed by atoms with Crippen molar-refractivity contribution in [1.29, 1.82) is 0 Å². The second-order valence-electron chi connectivity index (χ2n) is 9.24. The van der Waals surface area contributed by atoms with Gasteiger partial charge in [0.25, 0.3) is 0 Å². The van der Waals surface area contributed by atoms with Gasteiger partial charge in [-0.05, 0) is 19.4 Å². The molecule has 2 nitrogen and oxygen atoms in total. The zero-order valence-electron chi connectivity index (χ0n) is 19.5. The van der Waals surface area contributed by atoms with Crippen LogP contribution in [0.3, 0.4) is 0 Å². The summed E-state index contributed by atoms with van der Waals surface area (Å²) in [6, 6.07) is 6.54. The van der Waals surface area contributed by atoms with Gasteiger partial charge >= 0.3 is 0 Å². The SMILES string of the molecule is CCCCCCCCCCCCCCCCCCN1COc2ccc(C)cc2C1. The highest BCUT2D eigenvalue weighted by molar-refractivity contribution is 5.37. The van der Waals surface area contributed by atoms with Crippen molar-refractivity contribution in [2.75, 3.05) is 13.3 Å². The van der Waals surface area contributed by atoms with E-state index < -0.39 is 0 Å². The van der Waals surface area contributed by atoms with Gasteiger partial charge in [-0.15, -0.1) is 0 Å². The van der Waals surface area contributed by atoms with Crippen molar-refractivity contribution in [2.45, 2.75) is 123 Å². The molecule has 0 aromatic heterocycles. The van der Waals surface area contributed by atoms with Crippen molar-refractivity contribution in [3.63, 3.8) is 0 Å². The van der Waals surface area contributed by atoms with Gasteiger partial charge in [0.05, 0.1) is 0 Å². The maximum Gasteiger partial charge on any atom is 0.142 e. The molecule has 0 N–H and O–H groups in total. The second-order valence-corrected chi connectivity index (χ2v) is 9.24. The fourth-order valence-corrected chi connectivity index (χ4v) is 4.45. The minimum atomic E-state index is 0.759. The summed E-state index contributed by atoms with van der Waals surface area (Å²) in [5, 5.41) is 0. The zero-order chi connectivity index (χ0) is 20.6. The number of hydrogen-bond acceptors (Lipinski definition) is 2. The Balaban J connectivity index is 1.33. The van der Waals surface area contributed by atoms with Gasteiger partial charge in [-0.25, -0.2) is 0 Å². The minimum Gasteiger partial charge on any atom is -0.478 e. The molecular formula is C27H47NO. The predicted molar refractivity (Wildman–Crippen MR) is 127 cm³/mol. The van der Waals surface area contributed by atoms with E-state index in [-0.39, 0.29) is 0 Å². The molecular weight excluding hydrogens is 354 g/mol. The molecule has 0 amide bonds. The van der Waals surface area contributed by atoms with E-state index in [0.29, 0.717) is 0 Å². The van der Waals surface area contributed by atoms with Crippen LogP contribution in [0.1, 0.15) is 121 Å². The van der Waals surface area contributed by atoms with Crippen LogP contribution in [0.15, 0.2) is 18.2 Å². The molecule has 0 spiro atoms. The molecule has 1 aromatic carbocycles. The summed E-state index contributed by atoms with van der Waals surface area (Å²) in [4.78, 5) is 2.45. The van der Waals surface area contributed by atoms with Crippen LogP contribution in [0.5, 0.6) is 5.75 Å². The van der Waals surface area contributed by atoms with Gasteiger partial charge < -0.3 is 4.74 Å². The van der Waals surface area contributed by atoms with Gasteiger partial charge in [0.2, 0.25) is 0 Å². The molecule has 166 valence electrons. The Labute approximate surface area is 181 Å². The van der Waals surface area contributed by atoms with Gasteiger partial charge in [0, 0.05) is 18.7 Å². The Bertz CT molecular complexity index is 527. The van der Waals surface area contributed by atoms with E-state index in [1.165, 1.54) is 120 Å². The molecule has 0 unspecified atom stereocenters. The number of aryl methyl sites for hydroxylation is 1. The van der Waals surface area contributed by atoms with Crippen molar-refractivity contribution in [1.82, 2.24) is 4.90 Å². The quantitative estimate of drug-likeness (QED) is 0.243. The van der Waals surface area contributed by atoms with Gasteiger partial charge in [0.1, 0.15) is 12.5 Å². The number of fused-ring (bicyclic) bond motifs is 1. The Morgan fingerprint density at radius 1 is 0.724 bits per heavy atom. The molecule has 1 heterocycles. The van der Waals surface area contributed by atoms with Crippen LogP contribution in [0.2, 0.25) is 0 Å². The van der Waals surface area contributed by atoms with E-state index in [9.17, 15) is 0 Å². The minimum absolute atomic E-state index is 0.759. The van der Waals surface area contributed by atoms with E-state index in [1.54, 1.807) is 0 Å². The maximum absolute atomic E-state index is 5.90. The molecule has 0 saturated heterocycles. The van der Waals surface area contributed by atoms with E-state index in [1.807, 2.05) is 0 Å². The summed E-state index contributed by atoms with van der Waals surface area (Å²) in [7, 11) is 0. The Hall–Kier alpha value is -1.02. The smallest absolute Gasteiger partial charge is 0.142 e. The average molecular weight is 402 g/mol. The van der Waals surface area contributed by atoms with Crippen molar-refractivity contribution >= 4 is 0 Å². The largest absolute Gasteiger partial charge is 0.478 e. The zero-order valence-corrected chi connectivity index (χ0v) is 19.5. The second kappa shape index (κ2) is 15.8. The first-order chi connectivity index (χ1) is 14.3. The molecule has 1 aliphatic rings. The molecule has 0 bridgehead atoms. The highest BCUT2D eigenvalue weighted by Gasteiger charge is 2.16. The normalized spacial score (nSPS) is 14.0. The molecule has 2 rings (SSSR count). The molecule has 0 aliphatic carbocycles. The van der Waals surface area contributed by atoms with Crippen LogP contribution in [-0.4, -0.2) is 18.2 Å². The molecule has 1 aliphatic heterocycles. The van der Waals surface area contributed by atoms with Gasteiger partial charge in [-0.2, -0.15) is 0 Å². The lowest BCUT2D eigenvalue weighted by Crippen LogP contribution is -2.32. The Morgan fingerprint density at radius 2 is 1.24 bits per heavy atom. The van der Waals surface area contributed by atoms with Crippen molar-refractivity contribution in [2.24, 2.45) is 0 Å². The first-order valence-electron chi connectivity index (χ1n) is 12.7. The molecule has 0 radical (unpaired) electrons. The third-order valence-corrected chi connectivity index (χ3v) is 6.34. The van der Waals surface area contributed by atoms with Gasteiger partial charge in [0.15, 0.2) is 0 Å². The van der Waals surface area contributed by atoms with Crippen LogP contribution < -0.4 is 4.74 Å². The van der Waals surface area contributed by atoms with Crippen LogP contribution in [0.25, 0.3) is 0 Å². The third kappa shape index (κ3) is 11.1. The number of rotatable bonds is 17. The molecule has 0 atom stereocenters. The molecule has 0 fully saturated rings. The number of benzene rings is 1. The van der Waals surface area contributed by atoms with Crippen LogP contribution in [0, 0.1) is 6.92 Å². The van der Waals surface area contributed by atoms with Crippen LogP contribution in [0.4, 0.5) is 0 Å². The first-order valence-corrected chi connectivity index (χ1v) is 12.7. The lowest BCUT2D eigenvalue weighted by molar-refractivity contribution is 0.0934. The van der Waals surface area contributed by atoms with Crippen molar-refractivity contribution < 1.29 is 4.74 Å². The van der Waals surface area contributed by atoms with Crippen LogP contribution in [-0.2, 0) is 6.54 Å².